The minimum absolute atomic E-state index is 0.303. The quantitative estimate of drug-likeness (QED) is 0.0680. The van der Waals surface area contributed by atoms with Gasteiger partial charge >= 0.3 is 11.8 Å². The summed E-state index contributed by atoms with van der Waals surface area (Å²) in [5.41, 5.74) is -5.13. The number of benzene rings is 6. The van der Waals surface area contributed by atoms with Gasteiger partial charge in [0.05, 0.1) is 36.4 Å². The van der Waals surface area contributed by atoms with Crippen LogP contribution in [-0.2, 0) is 49.4 Å². The SMILES string of the molecule is N#Cc1ccc(COc2ccc(C#Cc3ccc(C(F)(F)[C@@](O)(Cn4cnnn4)c4ccc(F)cc4F)nc3)cc2)cc1.N#Cc1ccc(COc2ccc(C#Cc3ccc(C(F)(F)[C@](O)(Cn4cnnn4)c4ccc(F)cc4F)nc3)cc2)cc1. The van der Waals surface area contributed by atoms with Crippen LogP contribution in [0.5, 0.6) is 11.5 Å². The van der Waals surface area contributed by atoms with Gasteiger partial charge in [-0.1, -0.05) is 47.9 Å². The van der Waals surface area contributed by atoms with Crippen molar-refractivity contribution in [3.63, 3.8) is 0 Å². The molecule has 16 nitrogen and oxygen atoms in total. The van der Waals surface area contributed by atoms with Crippen LogP contribution in [0, 0.1) is 69.6 Å². The first-order valence-electron chi connectivity index (χ1n) is 25.3. The Bertz CT molecular complexity index is 3900. The summed E-state index contributed by atoms with van der Waals surface area (Å²) in [5, 5.41) is 60.7. The normalized spacial score (nSPS) is 12.5. The molecule has 0 aliphatic rings. The molecule has 0 amide bonds. The van der Waals surface area contributed by atoms with Gasteiger partial charge in [-0.2, -0.15) is 28.1 Å². The van der Waals surface area contributed by atoms with Crippen LogP contribution in [0.1, 0.15) is 67.0 Å². The lowest BCUT2D eigenvalue weighted by Gasteiger charge is -2.35. The Balaban J connectivity index is 0.000000205. The minimum atomic E-state index is -4.17. The van der Waals surface area contributed by atoms with Crippen LogP contribution in [0.15, 0.2) is 183 Å². The number of ether oxygens (including phenoxy) is 2. The predicted molar refractivity (Wildman–Crippen MR) is 288 cm³/mol. The molecule has 0 fully saturated rings. The van der Waals surface area contributed by atoms with Crippen molar-refractivity contribution in [1.82, 2.24) is 50.4 Å². The molecule has 0 spiro atoms. The van der Waals surface area contributed by atoms with Gasteiger partial charge in [0.1, 0.15) is 72.0 Å². The Labute approximate surface area is 483 Å². The van der Waals surface area contributed by atoms with Gasteiger partial charge in [0.15, 0.2) is 11.2 Å². The first-order chi connectivity index (χ1) is 41.3. The van der Waals surface area contributed by atoms with E-state index in [4.69, 9.17) is 20.0 Å². The summed E-state index contributed by atoms with van der Waals surface area (Å²) in [6.07, 6.45) is 4.15. The van der Waals surface area contributed by atoms with Crippen molar-refractivity contribution in [3.05, 3.63) is 273 Å². The van der Waals surface area contributed by atoms with Gasteiger partial charge in [-0.25, -0.2) is 26.9 Å². The largest absolute Gasteiger partial charge is 0.489 e. The highest BCUT2D eigenvalue weighted by Crippen LogP contribution is 2.48. The lowest BCUT2D eigenvalue weighted by Crippen LogP contribution is -2.48. The predicted octanol–water partition coefficient (Wildman–Crippen LogP) is 9.75. The van der Waals surface area contributed by atoms with Crippen LogP contribution in [0.2, 0.25) is 0 Å². The molecule has 24 heteroatoms. The maximum absolute atomic E-state index is 15.9. The van der Waals surface area contributed by atoms with Crippen molar-refractivity contribution >= 4 is 0 Å². The third-order valence-electron chi connectivity index (χ3n) is 12.9. The Morgan fingerprint density at radius 2 is 0.791 bits per heavy atom. The van der Waals surface area contributed by atoms with Crippen molar-refractivity contribution in [2.24, 2.45) is 0 Å². The summed E-state index contributed by atoms with van der Waals surface area (Å²) < 4.78 is 133. The van der Waals surface area contributed by atoms with E-state index in [2.05, 4.69) is 76.8 Å². The molecule has 0 radical (unpaired) electrons. The number of hydrogen-bond donors (Lipinski definition) is 2. The van der Waals surface area contributed by atoms with E-state index in [0.717, 1.165) is 81.9 Å². The van der Waals surface area contributed by atoms with E-state index in [1.165, 1.54) is 12.1 Å². The van der Waals surface area contributed by atoms with Gasteiger partial charge in [0, 0.05) is 57.9 Å². The molecule has 4 heterocycles. The van der Waals surface area contributed by atoms with Gasteiger partial charge < -0.3 is 19.7 Å². The zero-order chi connectivity index (χ0) is 60.9. The number of alkyl halides is 4. The minimum Gasteiger partial charge on any atom is -0.489 e. The molecule has 86 heavy (non-hydrogen) atoms. The van der Waals surface area contributed by atoms with Gasteiger partial charge in [-0.15, -0.1) is 10.2 Å². The molecule has 2 atom stereocenters. The molecular formula is C62H40F8N12O4. The third-order valence-corrected chi connectivity index (χ3v) is 12.9. The summed E-state index contributed by atoms with van der Waals surface area (Å²) in [4.78, 5) is 7.60. The van der Waals surface area contributed by atoms with E-state index >= 15 is 17.6 Å². The Kier molecular flexibility index (Phi) is 17.9. The van der Waals surface area contributed by atoms with Crippen LogP contribution in [0.4, 0.5) is 35.1 Å². The number of aliphatic hydroxyl groups is 2. The summed E-state index contributed by atoms with van der Waals surface area (Å²) in [5.74, 6) is -0.392. The monoisotopic (exact) mass is 1170 g/mol. The Morgan fingerprint density at radius 3 is 1.10 bits per heavy atom. The number of hydrogen-bond acceptors (Lipinski definition) is 14. The second kappa shape index (κ2) is 25.9. The second-order valence-electron chi connectivity index (χ2n) is 18.7. The van der Waals surface area contributed by atoms with E-state index in [-0.39, 0.29) is 0 Å². The number of pyridine rings is 2. The highest BCUT2D eigenvalue weighted by atomic mass is 19.3. The van der Waals surface area contributed by atoms with Crippen molar-refractivity contribution < 1.29 is 54.8 Å². The van der Waals surface area contributed by atoms with Crippen LogP contribution < -0.4 is 9.47 Å². The lowest BCUT2D eigenvalue weighted by atomic mass is 9.84. The summed E-state index contributed by atoms with van der Waals surface area (Å²) >= 11 is 0. The van der Waals surface area contributed by atoms with Crippen LogP contribution >= 0.6 is 0 Å². The van der Waals surface area contributed by atoms with Crippen molar-refractivity contribution in [2.45, 2.75) is 49.4 Å². The average Bonchev–Trinajstić information content (AvgIpc) is 0.996. The molecule has 428 valence electrons. The molecule has 0 aliphatic heterocycles. The van der Waals surface area contributed by atoms with E-state index in [9.17, 15) is 27.8 Å². The summed E-state index contributed by atoms with van der Waals surface area (Å²) in [6.45, 7) is -1.27. The summed E-state index contributed by atoms with van der Waals surface area (Å²) in [6, 6.07) is 40.4. The number of tetrazole rings is 2. The topological polar surface area (TPSA) is 219 Å². The number of nitriles is 2. The van der Waals surface area contributed by atoms with E-state index in [1.807, 2.05) is 24.3 Å². The van der Waals surface area contributed by atoms with Crippen molar-refractivity contribution in [1.29, 1.82) is 10.5 Å². The lowest BCUT2D eigenvalue weighted by molar-refractivity contribution is -0.207. The molecule has 0 saturated heterocycles. The first-order valence-corrected chi connectivity index (χ1v) is 25.3. The maximum atomic E-state index is 15.9. The van der Waals surface area contributed by atoms with E-state index in [1.54, 1.807) is 72.8 Å². The molecule has 0 unspecified atom stereocenters. The van der Waals surface area contributed by atoms with Crippen LogP contribution in [0.25, 0.3) is 0 Å². The third kappa shape index (κ3) is 13.8. The Morgan fingerprint density at radius 1 is 0.442 bits per heavy atom. The van der Waals surface area contributed by atoms with Crippen LogP contribution in [-0.4, -0.2) is 60.6 Å². The smallest absolute Gasteiger partial charge is 0.323 e. The highest BCUT2D eigenvalue weighted by Gasteiger charge is 2.59. The fourth-order valence-electron chi connectivity index (χ4n) is 8.30. The standard InChI is InChI=1S/2C31H20F4N6O2/c2*32-25-10-13-27(28(33)15-25)30(42,19-41-20-38-39-40-41)31(34,35)29-14-9-23(17-37-29)4-1-21-7-11-26(12-8-21)43-18-24-5-2-22(16-36)3-6-24/h2*2-3,5-15,17,20,42H,18-19H2/t2*30-/m10/s1. The number of rotatable bonds is 16. The van der Waals surface area contributed by atoms with Crippen LogP contribution in [0.3, 0.4) is 0 Å². The molecule has 0 saturated carbocycles. The number of nitrogens with zero attached hydrogens (tertiary/aromatic N) is 12. The zero-order valence-electron chi connectivity index (χ0n) is 44.3. The van der Waals surface area contributed by atoms with Crippen molar-refractivity contribution in [3.8, 4) is 47.3 Å². The number of aromatic nitrogens is 10. The van der Waals surface area contributed by atoms with E-state index < -0.39 is 81.9 Å². The van der Waals surface area contributed by atoms with Gasteiger partial charge in [0.25, 0.3) is 0 Å². The molecule has 10 aromatic rings. The molecule has 2 N–H and O–H groups in total. The molecular weight excluding hydrogens is 1130 g/mol. The van der Waals surface area contributed by atoms with Gasteiger partial charge in [-0.05, 0) is 153 Å². The summed E-state index contributed by atoms with van der Waals surface area (Å²) in [7, 11) is 0. The fourth-order valence-corrected chi connectivity index (χ4v) is 8.30. The van der Waals surface area contributed by atoms with Crippen molar-refractivity contribution in [2.75, 3.05) is 0 Å². The van der Waals surface area contributed by atoms with E-state index in [0.29, 0.717) is 70.2 Å². The Hall–Kier alpha value is -11.2. The molecule has 6 aromatic carbocycles. The fraction of sp³-hybridized carbons (Fsp3) is 0.129. The molecule has 10 rings (SSSR count). The number of halogens is 8. The average molecular weight is 1170 g/mol. The zero-order valence-corrected chi connectivity index (χ0v) is 44.3. The molecule has 0 bridgehead atoms. The maximum Gasteiger partial charge on any atom is 0.323 e. The first kappa shape index (κ1) is 59.4. The molecule has 0 aliphatic carbocycles. The van der Waals surface area contributed by atoms with Gasteiger partial charge in [0.2, 0.25) is 0 Å². The molecule has 4 aromatic heterocycles. The van der Waals surface area contributed by atoms with Gasteiger partial charge in [-0.3, -0.25) is 9.97 Å². The second-order valence-corrected chi connectivity index (χ2v) is 18.7. The highest BCUT2D eigenvalue weighted by molar-refractivity contribution is 5.46.